The summed E-state index contributed by atoms with van der Waals surface area (Å²) < 4.78 is 0. The highest BCUT2D eigenvalue weighted by atomic mass is 28.2. The van der Waals surface area contributed by atoms with Crippen LogP contribution in [0.3, 0.4) is 0 Å². The Hall–Kier alpha value is -0.293. The molecule has 4 rings (SSSR count). The van der Waals surface area contributed by atoms with Crippen LogP contribution in [-0.2, 0) is 0 Å². The van der Waals surface area contributed by atoms with Crippen LogP contribution in [0.4, 0.5) is 0 Å². The van der Waals surface area contributed by atoms with Crippen molar-refractivity contribution in [2.24, 2.45) is 41.4 Å². The fraction of sp³-hybridized carbons (Fsp3) is 0.966. The van der Waals surface area contributed by atoms with Crippen LogP contribution in [0.2, 0.25) is 11.6 Å². The van der Waals surface area contributed by atoms with Crippen LogP contribution in [0.5, 0.6) is 0 Å². The molecule has 0 saturated heterocycles. The van der Waals surface area contributed by atoms with Gasteiger partial charge in [0.15, 0.2) is 0 Å². The molecular weight excluding hydrogens is 390 g/mol. The summed E-state index contributed by atoms with van der Waals surface area (Å²) in [6, 6.07) is 4.18. The molecule has 31 heavy (non-hydrogen) atoms. The Morgan fingerprint density at radius 1 is 0.581 bits per heavy atom. The van der Waals surface area contributed by atoms with Crippen LogP contribution in [0.25, 0.3) is 0 Å². The van der Waals surface area contributed by atoms with Gasteiger partial charge in [0.1, 0.15) is 0 Å². The monoisotopic (exact) mass is 441 g/mol. The summed E-state index contributed by atoms with van der Waals surface area (Å²) in [6.45, 7) is 2.46. The van der Waals surface area contributed by atoms with E-state index in [1.165, 1.54) is 63.3 Å². The first-order valence-corrected chi connectivity index (χ1v) is 16.4. The summed E-state index contributed by atoms with van der Waals surface area (Å²) in [6.07, 6.45) is 26.8. The highest BCUT2D eigenvalue weighted by Gasteiger charge is 2.29. The van der Waals surface area contributed by atoms with Gasteiger partial charge < -0.3 is 0 Å². The molecule has 176 valence electrons. The van der Waals surface area contributed by atoms with E-state index in [-0.39, 0.29) is 9.52 Å². The average molecular weight is 442 g/mol. The fourth-order valence-electron chi connectivity index (χ4n) is 8.02. The normalized spacial score (nSPS) is 42.5. The summed E-state index contributed by atoms with van der Waals surface area (Å²) in [5.41, 5.74) is 1.19. The van der Waals surface area contributed by atoms with Gasteiger partial charge in [-0.2, -0.15) is 5.26 Å². The molecule has 0 heterocycles. The zero-order valence-corrected chi connectivity index (χ0v) is 22.1. The van der Waals surface area contributed by atoms with Crippen molar-refractivity contribution in [1.82, 2.24) is 0 Å². The average Bonchev–Trinajstić information content (AvgIpc) is 2.81. The largest absolute Gasteiger partial charge is 0.198 e. The van der Waals surface area contributed by atoms with E-state index < -0.39 is 0 Å². The molecular formula is C29H51NSi. The highest BCUT2D eigenvalue weighted by Crippen LogP contribution is 2.42. The molecule has 2 heteroatoms. The summed E-state index contributed by atoms with van der Waals surface area (Å²) in [7, 11) is 0.173. The van der Waals surface area contributed by atoms with Gasteiger partial charge in [0.05, 0.1) is 6.07 Å². The zero-order chi connectivity index (χ0) is 21.5. The lowest BCUT2D eigenvalue weighted by Crippen LogP contribution is -2.23. The quantitative estimate of drug-likeness (QED) is 0.364. The van der Waals surface area contributed by atoms with Crippen LogP contribution in [0.1, 0.15) is 122 Å². The summed E-state index contributed by atoms with van der Waals surface area (Å²) in [5.74, 6) is 6.68. The first kappa shape index (κ1) is 23.9. The molecule has 0 aromatic rings. The number of nitrogens with zero attached hydrogens (tertiary/aromatic N) is 1. The third-order valence-electron chi connectivity index (χ3n) is 10.4. The van der Waals surface area contributed by atoms with Crippen LogP contribution in [-0.4, -0.2) is 9.52 Å². The third kappa shape index (κ3) is 7.62. The van der Waals surface area contributed by atoms with Gasteiger partial charge in [-0.1, -0.05) is 95.6 Å². The maximum atomic E-state index is 9.11. The van der Waals surface area contributed by atoms with Gasteiger partial charge in [-0.15, -0.1) is 0 Å². The Balaban J connectivity index is 1.05. The number of nitriles is 1. The molecule has 0 aromatic carbocycles. The van der Waals surface area contributed by atoms with Crippen molar-refractivity contribution in [3.63, 3.8) is 0 Å². The van der Waals surface area contributed by atoms with E-state index >= 15 is 0 Å². The lowest BCUT2D eigenvalue weighted by Gasteiger charge is -2.35. The van der Waals surface area contributed by atoms with Crippen molar-refractivity contribution in [2.45, 2.75) is 134 Å². The van der Waals surface area contributed by atoms with E-state index in [4.69, 9.17) is 5.26 Å². The second-order valence-corrected chi connectivity index (χ2v) is 15.1. The molecule has 4 fully saturated rings. The van der Waals surface area contributed by atoms with Crippen LogP contribution in [0, 0.1) is 52.8 Å². The van der Waals surface area contributed by atoms with Gasteiger partial charge >= 0.3 is 0 Å². The lowest BCUT2D eigenvalue weighted by molar-refractivity contribution is 0.200. The van der Waals surface area contributed by atoms with Crippen molar-refractivity contribution in [1.29, 1.82) is 5.26 Å². The number of hydrogen-bond acceptors (Lipinski definition) is 1. The number of rotatable bonds is 7. The molecule has 0 bridgehead atoms. The molecule has 0 aliphatic heterocycles. The van der Waals surface area contributed by atoms with E-state index in [0.29, 0.717) is 5.92 Å². The predicted octanol–water partition coefficient (Wildman–Crippen LogP) is 8.30. The minimum Gasteiger partial charge on any atom is -0.198 e. The Labute approximate surface area is 196 Å². The molecule has 0 amide bonds. The second-order valence-electron chi connectivity index (χ2n) is 12.8. The van der Waals surface area contributed by atoms with Crippen molar-refractivity contribution in [3.8, 4) is 6.07 Å². The predicted molar refractivity (Wildman–Crippen MR) is 136 cm³/mol. The topological polar surface area (TPSA) is 23.8 Å². The molecule has 0 radical (unpaired) electrons. The summed E-state index contributed by atoms with van der Waals surface area (Å²) in [5, 5.41) is 9.11. The van der Waals surface area contributed by atoms with Crippen LogP contribution < -0.4 is 0 Å². The van der Waals surface area contributed by atoms with E-state index in [0.717, 1.165) is 35.5 Å². The summed E-state index contributed by atoms with van der Waals surface area (Å²) >= 11 is 0. The van der Waals surface area contributed by atoms with Gasteiger partial charge in [-0.25, -0.2) is 0 Å². The van der Waals surface area contributed by atoms with Gasteiger partial charge in [-0.05, 0) is 74.0 Å². The fourth-order valence-corrected chi connectivity index (χ4v) is 10.6. The molecule has 0 unspecified atom stereocenters. The van der Waals surface area contributed by atoms with Crippen molar-refractivity contribution >= 4 is 9.52 Å². The number of hydrogen-bond donors (Lipinski definition) is 0. The van der Waals surface area contributed by atoms with Crippen molar-refractivity contribution in [3.05, 3.63) is 0 Å². The van der Waals surface area contributed by atoms with Crippen molar-refractivity contribution < 1.29 is 0 Å². The van der Waals surface area contributed by atoms with E-state index in [9.17, 15) is 0 Å². The minimum absolute atomic E-state index is 0.173. The lowest BCUT2D eigenvalue weighted by atomic mass is 9.74. The van der Waals surface area contributed by atoms with Gasteiger partial charge in [0.25, 0.3) is 0 Å². The third-order valence-corrected chi connectivity index (χ3v) is 13.2. The zero-order valence-electron chi connectivity index (χ0n) is 20.7. The van der Waals surface area contributed by atoms with Gasteiger partial charge in [0.2, 0.25) is 0 Å². The first-order chi connectivity index (χ1) is 15.2. The molecule has 0 aromatic heterocycles. The Morgan fingerprint density at radius 3 is 1.52 bits per heavy atom. The minimum atomic E-state index is 0.173. The molecule has 0 atom stereocenters. The molecule has 0 N–H and O–H groups in total. The van der Waals surface area contributed by atoms with E-state index in [2.05, 4.69) is 13.0 Å². The standard InChI is InChI=1S/C29H51NSi/c1-22-2-4-23(5-3-22)18-25-8-12-28(13-9-25)21-31-29-16-14-26(15-17-29)19-24-6-10-27(20-30)11-7-24/h22-29H,2-19,21,31H2,1H3. The Kier molecular flexibility index (Phi) is 9.42. The molecule has 4 saturated carbocycles. The highest BCUT2D eigenvalue weighted by molar-refractivity contribution is 6.37. The smallest absolute Gasteiger partial charge is 0.0655 e. The van der Waals surface area contributed by atoms with Crippen LogP contribution in [0.15, 0.2) is 0 Å². The first-order valence-electron chi connectivity index (χ1n) is 14.6. The Bertz CT molecular complexity index is 536. The molecule has 4 aliphatic carbocycles. The molecule has 4 aliphatic rings. The second kappa shape index (κ2) is 12.2. The van der Waals surface area contributed by atoms with Gasteiger partial charge in [0, 0.05) is 15.4 Å². The van der Waals surface area contributed by atoms with E-state index in [1.54, 1.807) is 63.8 Å². The molecule has 1 nitrogen and oxygen atoms in total. The Morgan fingerprint density at radius 2 is 1.00 bits per heavy atom. The van der Waals surface area contributed by atoms with Gasteiger partial charge in [-0.3, -0.25) is 0 Å². The van der Waals surface area contributed by atoms with Crippen molar-refractivity contribution in [2.75, 3.05) is 0 Å². The summed E-state index contributed by atoms with van der Waals surface area (Å²) in [4.78, 5) is 0. The molecule has 0 spiro atoms. The maximum absolute atomic E-state index is 9.11. The van der Waals surface area contributed by atoms with E-state index in [1.807, 2.05) is 0 Å². The SMILES string of the molecule is CC1CCC(CC2CCC(C[SiH2]C3CCC(CC4CCC(C#N)CC4)CC3)CC2)CC1. The maximum Gasteiger partial charge on any atom is 0.0655 e. The van der Waals surface area contributed by atoms with Crippen LogP contribution >= 0.6 is 0 Å².